The van der Waals surface area contributed by atoms with E-state index in [0.29, 0.717) is 18.0 Å². The van der Waals surface area contributed by atoms with E-state index in [-0.39, 0.29) is 11.5 Å². The van der Waals surface area contributed by atoms with Crippen molar-refractivity contribution in [3.8, 4) is 0 Å². The third-order valence-electron chi connectivity index (χ3n) is 5.29. The van der Waals surface area contributed by atoms with Crippen LogP contribution in [0.2, 0.25) is 0 Å². The Balaban J connectivity index is 1.58. The highest BCUT2D eigenvalue weighted by atomic mass is 32.2. The molecule has 1 amide bonds. The van der Waals surface area contributed by atoms with Crippen LogP contribution in [-0.2, 0) is 10.0 Å². The molecule has 2 aromatic rings. The number of aromatic amines is 1. The Kier molecular flexibility index (Phi) is 3.48. The maximum absolute atomic E-state index is 12.6. The Morgan fingerprint density at radius 2 is 2.00 bits per heavy atom. The minimum atomic E-state index is -3.72. The van der Waals surface area contributed by atoms with Crippen LogP contribution in [0.25, 0.3) is 5.65 Å². The van der Waals surface area contributed by atoms with Crippen LogP contribution in [0.1, 0.15) is 42.5 Å². The molecule has 1 unspecified atom stereocenters. The number of amides is 1. The SMILES string of the molecule is O=C(NS(=O)(=O)C1CC2CCC1CC2)c1ccc2n[nH]c(=O)n2c1. The molecule has 8 nitrogen and oxygen atoms in total. The summed E-state index contributed by atoms with van der Waals surface area (Å²) in [5.74, 6) is -0.127. The first kappa shape index (κ1) is 15.4. The Morgan fingerprint density at radius 1 is 1.25 bits per heavy atom. The van der Waals surface area contributed by atoms with E-state index in [2.05, 4.69) is 14.9 Å². The number of aromatic nitrogens is 3. The smallest absolute Gasteiger partial charge is 0.268 e. The third kappa shape index (κ3) is 2.52. The molecule has 2 aromatic heterocycles. The molecule has 2 heterocycles. The van der Waals surface area contributed by atoms with Crippen molar-refractivity contribution >= 4 is 21.6 Å². The quantitative estimate of drug-likeness (QED) is 0.844. The van der Waals surface area contributed by atoms with E-state index in [1.54, 1.807) is 0 Å². The van der Waals surface area contributed by atoms with E-state index >= 15 is 0 Å². The maximum atomic E-state index is 12.6. The van der Waals surface area contributed by atoms with Crippen LogP contribution < -0.4 is 10.4 Å². The molecule has 0 spiro atoms. The van der Waals surface area contributed by atoms with E-state index in [1.165, 1.54) is 22.7 Å². The summed E-state index contributed by atoms with van der Waals surface area (Å²) in [6, 6.07) is 2.94. The second-order valence-electron chi connectivity index (χ2n) is 6.71. The first-order valence-corrected chi connectivity index (χ1v) is 9.61. The van der Waals surface area contributed by atoms with E-state index < -0.39 is 26.9 Å². The highest BCUT2D eigenvalue weighted by molar-refractivity contribution is 7.90. The van der Waals surface area contributed by atoms with Crippen molar-refractivity contribution < 1.29 is 13.2 Å². The van der Waals surface area contributed by atoms with Crippen molar-refractivity contribution in [3.05, 3.63) is 34.4 Å². The summed E-state index contributed by atoms with van der Waals surface area (Å²) in [6.07, 6.45) is 5.93. The molecule has 24 heavy (non-hydrogen) atoms. The number of fused-ring (bicyclic) bond motifs is 4. The predicted octanol–water partition coefficient (Wildman–Crippen LogP) is 0.661. The zero-order valence-electron chi connectivity index (χ0n) is 12.9. The zero-order chi connectivity index (χ0) is 16.9. The molecule has 5 rings (SSSR count). The van der Waals surface area contributed by atoms with Gasteiger partial charge in [0.15, 0.2) is 5.65 Å². The van der Waals surface area contributed by atoms with E-state index in [0.717, 1.165) is 25.7 Å². The number of nitrogens with one attached hydrogen (secondary N) is 2. The van der Waals surface area contributed by atoms with Crippen molar-refractivity contribution in [1.82, 2.24) is 19.3 Å². The highest BCUT2D eigenvalue weighted by Crippen LogP contribution is 2.43. The Bertz CT molecular complexity index is 953. The fourth-order valence-corrected chi connectivity index (χ4v) is 5.83. The lowest BCUT2D eigenvalue weighted by atomic mass is 9.70. The average Bonchev–Trinajstić information content (AvgIpc) is 2.96. The van der Waals surface area contributed by atoms with E-state index in [1.807, 2.05) is 0 Å². The topological polar surface area (TPSA) is 113 Å². The molecule has 0 saturated heterocycles. The number of H-pyrrole nitrogens is 1. The summed E-state index contributed by atoms with van der Waals surface area (Å²) in [7, 11) is -3.72. The molecule has 0 aromatic carbocycles. The van der Waals surface area contributed by atoms with Crippen molar-refractivity contribution in [2.24, 2.45) is 11.8 Å². The molecule has 0 aliphatic heterocycles. The van der Waals surface area contributed by atoms with Gasteiger partial charge in [0.1, 0.15) is 0 Å². The van der Waals surface area contributed by atoms with Crippen molar-refractivity contribution in [1.29, 1.82) is 0 Å². The van der Waals surface area contributed by atoms with Crippen LogP contribution in [0.15, 0.2) is 23.1 Å². The van der Waals surface area contributed by atoms with Gasteiger partial charge in [0.05, 0.1) is 10.8 Å². The lowest BCUT2D eigenvalue weighted by molar-refractivity contribution is 0.0978. The molecule has 2 N–H and O–H groups in total. The Labute approximate surface area is 138 Å². The first-order valence-electron chi connectivity index (χ1n) is 8.07. The van der Waals surface area contributed by atoms with Gasteiger partial charge in [0.2, 0.25) is 10.0 Å². The molecule has 9 heteroatoms. The van der Waals surface area contributed by atoms with Gasteiger partial charge in [-0.3, -0.25) is 4.79 Å². The number of carbonyl (C=O) groups is 1. The normalized spacial score (nSPS) is 26.6. The largest absolute Gasteiger partial charge is 0.347 e. The second-order valence-corrected chi connectivity index (χ2v) is 8.61. The number of hydrogen-bond acceptors (Lipinski definition) is 5. The van der Waals surface area contributed by atoms with Gasteiger partial charge in [0, 0.05) is 6.20 Å². The number of sulfonamides is 1. The zero-order valence-corrected chi connectivity index (χ0v) is 13.8. The fourth-order valence-electron chi connectivity index (χ4n) is 4.00. The number of carbonyl (C=O) groups excluding carboxylic acids is 1. The lowest BCUT2D eigenvalue weighted by Crippen LogP contribution is -2.47. The van der Waals surface area contributed by atoms with Crippen LogP contribution in [0.5, 0.6) is 0 Å². The lowest BCUT2D eigenvalue weighted by Gasteiger charge is -2.41. The van der Waals surface area contributed by atoms with Crippen molar-refractivity contribution in [2.75, 3.05) is 0 Å². The van der Waals surface area contributed by atoms with Crippen LogP contribution in [0.4, 0.5) is 0 Å². The summed E-state index contributed by atoms with van der Waals surface area (Å²) in [4.78, 5) is 23.9. The summed E-state index contributed by atoms with van der Waals surface area (Å²) >= 11 is 0. The molecular formula is C15H18N4O4S. The molecule has 3 fully saturated rings. The molecular weight excluding hydrogens is 332 g/mol. The molecule has 0 radical (unpaired) electrons. The third-order valence-corrected chi connectivity index (χ3v) is 7.13. The first-order chi connectivity index (χ1) is 11.4. The van der Waals surface area contributed by atoms with Gasteiger partial charge < -0.3 is 0 Å². The van der Waals surface area contributed by atoms with Crippen LogP contribution in [-0.4, -0.2) is 34.2 Å². The van der Waals surface area contributed by atoms with E-state index in [4.69, 9.17) is 0 Å². The van der Waals surface area contributed by atoms with E-state index in [9.17, 15) is 18.0 Å². The number of hydrogen-bond donors (Lipinski definition) is 2. The molecule has 3 aliphatic rings. The summed E-state index contributed by atoms with van der Waals surface area (Å²) in [5, 5.41) is 5.55. The van der Waals surface area contributed by atoms with Crippen LogP contribution in [0.3, 0.4) is 0 Å². The second kappa shape index (κ2) is 5.44. The van der Waals surface area contributed by atoms with Gasteiger partial charge in [-0.1, -0.05) is 12.8 Å². The van der Waals surface area contributed by atoms with Crippen LogP contribution >= 0.6 is 0 Å². The molecule has 3 aliphatic carbocycles. The van der Waals surface area contributed by atoms with Crippen molar-refractivity contribution in [3.63, 3.8) is 0 Å². The number of nitrogens with zero attached hydrogens (tertiary/aromatic N) is 2. The predicted molar refractivity (Wildman–Crippen MR) is 86.1 cm³/mol. The van der Waals surface area contributed by atoms with Gasteiger partial charge in [-0.15, -0.1) is 0 Å². The average molecular weight is 350 g/mol. The molecule has 128 valence electrons. The number of rotatable bonds is 3. The summed E-state index contributed by atoms with van der Waals surface area (Å²) in [6.45, 7) is 0. The molecule has 1 atom stereocenters. The van der Waals surface area contributed by atoms with Crippen molar-refractivity contribution in [2.45, 2.75) is 37.4 Å². The van der Waals surface area contributed by atoms with Gasteiger partial charge >= 0.3 is 5.69 Å². The maximum Gasteiger partial charge on any atom is 0.347 e. The molecule has 3 saturated carbocycles. The highest BCUT2D eigenvalue weighted by Gasteiger charge is 2.43. The van der Waals surface area contributed by atoms with Gasteiger partial charge in [-0.05, 0) is 43.2 Å². The minimum Gasteiger partial charge on any atom is -0.268 e. The standard InChI is InChI=1S/C15H18N4O4S/c20-14(11-5-6-13-16-17-15(21)19(13)8-11)18-24(22,23)12-7-9-1-3-10(12)4-2-9/h5-6,8-10,12H,1-4,7H2,(H,17,21)(H,18,20). The fraction of sp³-hybridized carbons (Fsp3) is 0.533. The Hall–Kier alpha value is -2.16. The van der Waals surface area contributed by atoms with Crippen LogP contribution in [0, 0.1) is 11.8 Å². The number of pyridine rings is 1. The van der Waals surface area contributed by atoms with Gasteiger partial charge in [-0.25, -0.2) is 27.4 Å². The molecule has 2 bridgehead atoms. The van der Waals surface area contributed by atoms with Gasteiger partial charge in [-0.2, -0.15) is 5.10 Å². The van der Waals surface area contributed by atoms with Gasteiger partial charge in [0.25, 0.3) is 5.91 Å². The monoisotopic (exact) mass is 350 g/mol. The summed E-state index contributed by atoms with van der Waals surface area (Å²) < 4.78 is 28.6. The minimum absolute atomic E-state index is 0.107. The Morgan fingerprint density at radius 3 is 2.67 bits per heavy atom. The summed E-state index contributed by atoms with van der Waals surface area (Å²) in [5.41, 5.74) is -0.00774.